The molecule has 0 spiro atoms. The summed E-state index contributed by atoms with van der Waals surface area (Å²) in [6.45, 7) is 5.14. The van der Waals surface area contributed by atoms with E-state index in [1.165, 1.54) is 12.1 Å². The quantitative estimate of drug-likeness (QED) is 0.608. The fourth-order valence-corrected chi connectivity index (χ4v) is 3.90. The van der Waals surface area contributed by atoms with Crippen LogP contribution in [0.3, 0.4) is 0 Å². The summed E-state index contributed by atoms with van der Waals surface area (Å²) in [6.07, 6.45) is 1.79. The third kappa shape index (κ3) is 3.64. The number of rotatable bonds is 5. The highest BCUT2D eigenvalue weighted by molar-refractivity contribution is 7.80. The van der Waals surface area contributed by atoms with Gasteiger partial charge in [-0.2, -0.15) is 0 Å². The molecule has 1 aliphatic heterocycles. The predicted octanol–water partition coefficient (Wildman–Crippen LogP) is 5.11. The normalized spacial score (nSPS) is 19.3. The van der Waals surface area contributed by atoms with E-state index < -0.39 is 0 Å². The Morgan fingerprint density at radius 3 is 2.61 bits per heavy atom. The minimum absolute atomic E-state index is 0.0975. The lowest BCUT2D eigenvalue weighted by atomic mass is 10.0. The Labute approximate surface area is 169 Å². The fourth-order valence-electron chi connectivity index (χ4n) is 3.59. The number of aromatic nitrogens is 1. The van der Waals surface area contributed by atoms with Crippen LogP contribution in [-0.2, 0) is 0 Å². The Morgan fingerprint density at radius 2 is 1.93 bits per heavy atom. The van der Waals surface area contributed by atoms with Gasteiger partial charge < -0.3 is 14.6 Å². The summed E-state index contributed by atoms with van der Waals surface area (Å²) in [6, 6.07) is 15.9. The number of furan rings is 1. The van der Waals surface area contributed by atoms with Crippen molar-refractivity contribution in [2.24, 2.45) is 5.92 Å². The standard InChI is InChI=1S/C22H22FN3OS/c1-14(2)13-26-21(20(25-22(26)28)17-5-3-4-12-24-17)19-11-10-18(27-19)15-6-8-16(23)9-7-15/h3-12,14,20-21H,13H2,1-2H3,(H,25,28)/t20-,21+/m0/s1. The summed E-state index contributed by atoms with van der Waals surface area (Å²) in [5.74, 6) is 1.69. The van der Waals surface area contributed by atoms with Gasteiger partial charge >= 0.3 is 0 Å². The zero-order valence-corrected chi connectivity index (χ0v) is 16.6. The van der Waals surface area contributed by atoms with Crippen LogP contribution in [0.2, 0.25) is 0 Å². The molecule has 0 aliphatic carbocycles. The van der Waals surface area contributed by atoms with E-state index in [-0.39, 0.29) is 17.9 Å². The Hall–Kier alpha value is -2.73. The van der Waals surface area contributed by atoms with E-state index in [0.717, 1.165) is 23.6 Å². The zero-order chi connectivity index (χ0) is 19.7. The molecule has 3 aromatic rings. The molecule has 2 atom stereocenters. The van der Waals surface area contributed by atoms with E-state index >= 15 is 0 Å². The van der Waals surface area contributed by atoms with E-state index in [4.69, 9.17) is 16.6 Å². The number of hydrogen-bond donors (Lipinski definition) is 1. The van der Waals surface area contributed by atoms with Crippen LogP contribution in [-0.4, -0.2) is 21.5 Å². The first-order chi connectivity index (χ1) is 13.5. The molecular weight excluding hydrogens is 373 g/mol. The molecule has 0 amide bonds. The van der Waals surface area contributed by atoms with Crippen molar-refractivity contribution in [1.82, 2.24) is 15.2 Å². The Bertz CT molecular complexity index is 955. The van der Waals surface area contributed by atoms with Crippen molar-refractivity contribution in [2.75, 3.05) is 6.54 Å². The summed E-state index contributed by atoms with van der Waals surface area (Å²) < 4.78 is 19.5. The molecule has 1 fully saturated rings. The minimum atomic E-state index is -0.265. The first kappa shape index (κ1) is 18.6. The SMILES string of the molecule is CC(C)CN1C(=S)N[C@@H](c2ccccn2)[C@H]1c1ccc(-c2ccc(F)cc2)o1. The van der Waals surface area contributed by atoms with Gasteiger partial charge in [-0.3, -0.25) is 4.98 Å². The van der Waals surface area contributed by atoms with Crippen LogP contribution in [0.1, 0.15) is 37.4 Å². The smallest absolute Gasteiger partial charge is 0.170 e. The topological polar surface area (TPSA) is 41.3 Å². The molecule has 1 saturated heterocycles. The number of nitrogens with zero attached hydrogens (tertiary/aromatic N) is 2. The molecule has 1 aromatic carbocycles. The van der Waals surface area contributed by atoms with Gasteiger partial charge in [0.1, 0.15) is 23.4 Å². The number of thiocarbonyl (C=S) groups is 1. The van der Waals surface area contributed by atoms with Crippen LogP contribution in [0.4, 0.5) is 4.39 Å². The van der Waals surface area contributed by atoms with Crippen LogP contribution >= 0.6 is 12.2 Å². The van der Waals surface area contributed by atoms with Crippen LogP contribution < -0.4 is 5.32 Å². The number of halogens is 1. The van der Waals surface area contributed by atoms with E-state index in [9.17, 15) is 4.39 Å². The number of pyridine rings is 1. The van der Waals surface area contributed by atoms with E-state index in [1.807, 2.05) is 30.3 Å². The average molecular weight is 396 g/mol. The van der Waals surface area contributed by atoms with Crippen molar-refractivity contribution < 1.29 is 8.81 Å². The molecule has 0 bridgehead atoms. The summed E-state index contributed by atoms with van der Waals surface area (Å²) in [5.41, 5.74) is 1.76. The second kappa shape index (κ2) is 7.72. The summed E-state index contributed by atoms with van der Waals surface area (Å²) >= 11 is 5.63. The van der Waals surface area contributed by atoms with Gasteiger partial charge in [-0.15, -0.1) is 0 Å². The first-order valence-corrected chi connectivity index (χ1v) is 9.77. The average Bonchev–Trinajstić information content (AvgIpc) is 3.28. The van der Waals surface area contributed by atoms with Crippen molar-refractivity contribution in [2.45, 2.75) is 25.9 Å². The van der Waals surface area contributed by atoms with Gasteiger partial charge in [0.2, 0.25) is 0 Å². The number of hydrogen-bond acceptors (Lipinski definition) is 3. The van der Waals surface area contributed by atoms with Crippen molar-refractivity contribution in [3.8, 4) is 11.3 Å². The van der Waals surface area contributed by atoms with Crippen molar-refractivity contribution in [3.63, 3.8) is 0 Å². The Balaban J connectivity index is 1.72. The fraction of sp³-hybridized carbons (Fsp3) is 0.273. The molecule has 6 heteroatoms. The Morgan fingerprint density at radius 1 is 1.14 bits per heavy atom. The molecule has 1 N–H and O–H groups in total. The van der Waals surface area contributed by atoms with Gasteiger partial charge in [0.05, 0.1) is 11.7 Å². The highest BCUT2D eigenvalue weighted by Gasteiger charge is 2.41. The summed E-state index contributed by atoms with van der Waals surface area (Å²) in [4.78, 5) is 6.70. The third-order valence-corrected chi connectivity index (χ3v) is 5.16. The largest absolute Gasteiger partial charge is 0.459 e. The number of benzene rings is 1. The van der Waals surface area contributed by atoms with Gasteiger partial charge in [-0.25, -0.2) is 4.39 Å². The molecule has 1 aliphatic rings. The zero-order valence-electron chi connectivity index (χ0n) is 15.8. The molecule has 0 radical (unpaired) electrons. The van der Waals surface area contributed by atoms with Crippen molar-refractivity contribution >= 4 is 17.3 Å². The van der Waals surface area contributed by atoms with E-state index in [2.05, 4.69) is 29.0 Å². The maximum atomic E-state index is 13.2. The second-order valence-electron chi connectivity index (χ2n) is 7.38. The highest BCUT2D eigenvalue weighted by atomic mass is 32.1. The number of nitrogens with one attached hydrogen (secondary N) is 1. The lowest BCUT2D eigenvalue weighted by Gasteiger charge is -2.27. The highest BCUT2D eigenvalue weighted by Crippen LogP contribution is 2.40. The second-order valence-corrected chi connectivity index (χ2v) is 7.77. The molecule has 144 valence electrons. The van der Waals surface area contributed by atoms with Gasteiger partial charge in [-0.05, 0) is 66.7 Å². The van der Waals surface area contributed by atoms with Gasteiger partial charge in [0.25, 0.3) is 0 Å². The van der Waals surface area contributed by atoms with Gasteiger partial charge in [-0.1, -0.05) is 19.9 Å². The molecule has 0 unspecified atom stereocenters. The maximum Gasteiger partial charge on any atom is 0.170 e. The van der Waals surface area contributed by atoms with Crippen LogP contribution in [0.15, 0.2) is 65.2 Å². The molecule has 28 heavy (non-hydrogen) atoms. The van der Waals surface area contributed by atoms with Crippen LogP contribution in [0.5, 0.6) is 0 Å². The lowest BCUT2D eigenvalue weighted by Crippen LogP contribution is -2.32. The molecule has 3 heterocycles. The minimum Gasteiger partial charge on any atom is -0.459 e. The summed E-state index contributed by atoms with van der Waals surface area (Å²) in [5, 5.41) is 4.12. The molecule has 4 rings (SSSR count). The van der Waals surface area contributed by atoms with Gasteiger partial charge in [0, 0.05) is 18.3 Å². The van der Waals surface area contributed by atoms with Crippen molar-refractivity contribution in [1.29, 1.82) is 0 Å². The summed E-state index contributed by atoms with van der Waals surface area (Å²) in [7, 11) is 0. The monoisotopic (exact) mass is 395 g/mol. The Kier molecular flexibility index (Phi) is 5.13. The molecule has 4 nitrogen and oxygen atoms in total. The van der Waals surface area contributed by atoms with E-state index in [1.54, 1.807) is 18.3 Å². The van der Waals surface area contributed by atoms with E-state index in [0.29, 0.717) is 16.8 Å². The van der Waals surface area contributed by atoms with Gasteiger partial charge in [0.15, 0.2) is 5.11 Å². The molecule has 0 saturated carbocycles. The van der Waals surface area contributed by atoms with Crippen LogP contribution in [0.25, 0.3) is 11.3 Å². The predicted molar refractivity (Wildman–Crippen MR) is 111 cm³/mol. The lowest BCUT2D eigenvalue weighted by molar-refractivity contribution is 0.253. The third-order valence-electron chi connectivity index (χ3n) is 4.81. The molecular formula is C22H22FN3OS. The maximum absolute atomic E-state index is 13.2. The van der Waals surface area contributed by atoms with Crippen LogP contribution in [0, 0.1) is 11.7 Å². The first-order valence-electron chi connectivity index (χ1n) is 9.36. The molecule has 2 aromatic heterocycles. The van der Waals surface area contributed by atoms with Crippen molar-refractivity contribution in [3.05, 3.63) is 78.1 Å².